The Morgan fingerprint density at radius 3 is 2.94 bits per heavy atom. The molecule has 0 unspecified atom stereocenters. The Morgan fingerprint density at radius 1 is 1.56 bits per heavy atom. The van der Waals surface area contributed by atoms with Crippen LogP contribution in [-0.4, -0.2) is 24.6 Å². The van der Waals surface area contributed by atoms with E-state index in [1.54, 1.807) is 12.3 Å². The topological polar surface area (TPSA) is 28.2 Å². The van der Waals surface area contributed by atoms with Gasteiger partial charge < -0.3 is 10.2 Å². The molecule has 0 aliphatic heterocycles. The summed E-state index contributed by atoms with van der Waals surface area (Å²) in [6.45, 7) is 3.42. The fourth-order valence-electron chi connectivity index (χ4n) is 1.75. The SMILES string of the molecule is CCNCc1ccnc(N(C)C2CC2)c1F. The maximum Gasteiger partial charge on any atom is 0.170 e. The maximum atomic E-state index is 14.1. The summed E-state index contributed by atoms with van der Waals surface area (Å²) < 4.78 is 14.1. The third-order valence-corrected chi connectivity index (χ3v) is 2.94. The number of hydrogen-bond donors (Lipinski definition) is 1. The molecule has 0 bridgehead atoms. The number of nitrogens with one attached hydrogen (secondary N) is 1. The standard InChI is InChI=1S/C12H18FN3/c1-3-14-8-9-6-7-15-12(11(9)13)16(2)10-4-5-10/h6-7,10,14H,3-5,8H2,1-2H3. The first-order chi connectivity index (χ1) is 7.74. The van der Waals surface area contributed by atoms with Crippen molar-refractivity contribution in [2.75, 3.05) is 18.5 Å². The summed E-state index contributed by atoms with van der Waals surface area (Å²) >= 11 is 0. The zero-order valence-electron chi connectivity index (χ0n) is 9.83. The highest BCUT2D eigenvalue weighted by atomic mass is 19.1. The number of anilines is 1. The first-order valence-electron chi connectivity index (χ1n) is 5.81. The molecule has 0 spiro atoms. The lowest BCUT2D eigenvalue weighted by atomic mass is 10.2. The molecule has 3 nitrogen and oxygen atoms in total. The van der Waals surface area contributed by atoms with E-state index in [9.17, 15) is 4.39 Å². The number of halogens is 1. The van der Waals surface area contributed by atoms with E-state index in [2.05, 4.69) is 10.3 Å². The molecule has 16 heavy (non-hydrogen) atoms. The molecule has 1 heterocycles. The average Bonchev–Trinajstić information content (AvgIpc) is 3.11. The van der Waals surface area contributed by atoms with E-state index in [4.69, 9.17) is 0 Å². The summed E-state index contributed by atoms with van der Waals surface area (Å²) in [5.41, 5.74) is 0.694. The Labute approximate surface area is 95.7 Å². The largest absolute Gasteiger partial charge is 0.354 e. The summed E-state index contributed by atoms with van der Waals surface area (Å²) in [5.74, 6) is 0.302. The molecule has 0 saturated heterocycles. The minimum absolute atomic E-state index is 0.183. The highest BCUT2D eigenvalue weighted by Gasteiger charge is 2.29. The molecule has 2 rings (SSSR count). The molecule has 1 aliphatic rings. The molecule has 0 atom stereocenters. The van der Waals surface area contributed by atoms with Gasteiger partial charge in [-0.3, -0.25) is 0 Å². The molecule has 1 N–H and O–H groups in total. The molecular weight excluding hydrogens is 205 g/mol. The highest BCUT2D eigenvalue weighted by Crippen LogP contribution is 2.30. The second kappa shape index (κ2) is 4.78. The minimum atomic E-state index is -0.183. The molecular formula is C12H18FN3. The molecule has 0 aromatic carbocycles. The van der Waals surface area contributed by atoms with E-state index in [0.29, 0.717) is 24.0 Å². The van der Waals surface area contributed by atoms with Crippen molar-refractivity contribution in [1.82, 2.24) is 10.3 Å². The monoisotopic (exact) mass is 223 g/mol. The van der Waals surface area contributed by atoms with E-state index < -0.39 is 0 Å². The molecule has 1 aromatic heterocycles. The fraction of sp³-hybridized carbons (Fsp3) is 0.583. The first-order valence-corrected chi connectivity index (χ1v) is 5.81. The van der Waals surface area contributed by atoms with E-state index in [0.717, 1.165) is 19.4 Å². The lowest BCUT2D eigenvalue weighted by Crippen LogP contribution is -2.23. The van der Waals surface area contributed by atoms with Gasteiger partial charge in [0.1, 0.15) is 0 Å². The van der Waals surface area contributed by atoms with Crippen LogP contribution in [0.2, 0.25) is 0 Å². The molecule has 0 amide bonds. The lowest BCUT2D eigenvalue weighted by Gasteiger charge is -2.19. The van der Waals surface area contributed by atoms with Gasteiger partial charge in [-0.15, -0.1) is 0 Å². The summed E-state index contributed by atoms with van der Waals surface area (Å²) in [4.78, 5) is 6.08. The van der Waals surface area contributed by atoms with Crippen molar-refractivity contribution in [2.24, 2.45) is 0 Å². The van der Waals surface area contributed by atoms with Crippen molar-refractivity contribution < 1.29 is 4.39 Å². The van der Waals surface area contributed by atoms with Crippen LogP contribution in [0.5, 0.6) is 0 Å². The van der Waals surface area contributed by atoms with Crippen LogP contribution in [-0.2, 0) is 6.54 Å². The maximum absolute atomic E-state index is 14.1. The molecule has 1 aromatic rings. The Hall–Kier alpha value is -1.16. The molecule has 1 saturated carbocycles. The minimum Gasteiger partial charge on any atom is -0.354 e. The lowest BCUT2D eigenvalue weighted by molar-refractivity contribution is 0.583. The van der Waals surface area contributed by atoms with Gasteiger partial charge in [0.15, 0.2) is 11.6 Å². The van der Waals surface area contributed by atoms with Crippen LogP contribution in [0.1, 0.15) is 25.3 Å². The quantitative estimate of drug-likeness (QED) is 0.826. The van der Waals surface area contributed by atoms with Crippen molar-refractivity contribution in [3.8, 4) is 0 Å². The van der Waals surface area contributed by atoms with E-state index in [1.165, 1.54) is 0 Å². The van der Waals surface area contributed by atoms with Crippen molar-refractivity contribution in [3.63, 3.8) is 0 Å². The van der Waals surface area contributed by atoms with Gasteiger partial charge in [-0.05, 0) is 25.5 Å². The number of nitrogens with zero attached hydrogens (tertiary/aromatic N) is 2. The molecule has 1 aliphatic carbocycles. The predicted molar refractivity (Wildman–Crippen MR) is 63.0 cm³/mol. The molecule has 4 heteroatoms. The zero-order chi connectivity index (χ0) is 11.5. The first kappa shape index (κ1) is 11.3. The van der Waals surface area contributed by atoms with E-state index in [-0.39, 0.29) is 5.82 Å². The number of rotatable bonds is 5. The Bertz CT molecular complexity index is 363. The fourth-order valence-corrected chi connectivity index (χ4v) is 1.75. The number of hydrogen-bond acceptors (Lipinski definition) is 3. The van der Waals surface area contributed by atoms with E-state index in [1.807, 2.05) is 18.9 Å². The summed E-state index contributed by atoms with van der Waals surface area (Å²) in [6, 6.07) is 2.22. The summed E-state index contributed by atoms with van der Waals surface area (Å²) in [6.07, 6.45) is 3.98. The normalized spacial score (nSPS) is 15.2. The zero-order valence-corrected chi connectivity index (χ0v) is 9.83. The smallest absolute Gasteiger partial charge is 0.170 e. The number of pyridine rings is 1. The second-order valence-electron chi connectivity index (χ2n) is 4.23. The van der Waals surface area contributed by atoms with Crippen LogP contribution in [0.3, 0.4) is 0 Å². The third kappa shape index (κ3) is 2.32. The van der Waals surface area contributed by atoms with E-state index >= 15 is 0 Å². The Kier molecular flexibility index (Phi) is 3.39. The van der Waals surface area contributed by atoms with Crippen LogP contribution >= 0.6 is 0 Å². The van der Waals surface area contributed by atoms with Crippen molar-refractivity contribution in [2.45, 2.75) is 32.4 Å². The van der Waals surface area contributed by atoms with Gasteiger partial charge in [0.25, 0.3) is 0 Å². The average molecular weight is 223 g/mol. The van der Waals surface area contributed by atoms with Gasteiger partial charge in [-0.1, -0.05) is 6.92 Å². The Balaban J connectivity index is 2.17. The van der Waals surface area contributed by atoms with Crippen molar-refractivity contribution >= 4 is 5.82 Å². The Morgan fingerprint density at radius 2 is 2.31 bits per heavy atom. The predicted octanol–water partition coefficient (Wildman–Crippen LogP) is 1.93. The van der Waals surface area contributed by atoms with Gasteiger partial charge in [0.05, 0.1) is 0 Å². The van der Waals surface area contributed by atoms with Crippen LogP contribution in [0.4, 0.5) is 10.2 Å². The third-order valence-electron chi connectivity index (χ3n) is 2.94. The molecule has 0 radical (unpaired) electrons. The second-order valence-corrected chi connectivity index (χ2v) is 4.23. The van der Waals surface area contributed by atoms with Gasteiger partial charge >= 0.3 is 0 Å². The molecule has 1 fully saturated rings. The van der Waals surface area contributed by atoms with Crippen LogP contribution in [0, 0.1) is 5.82 Å². The van der Waals surface area contributed by atoms with Crippen molar-refractivity contribution in [1.29, 1.82) is 0 Å². The summed E-state index contributed by atoms with van der Waals surface area (Å²) in [7, 11) is 1.92. The number of aromatic nitrogens is 1. The highest BCUT2D eigenvalue weighted by molar-refractivity contribution is 5.44. The van der Waals surface area contributed by atoms with Crippen LogP contribution < -0.4 is 10.2 Å². The van der Waals surface area contributed by atoms with Gasteiger partial charge in [0, 0.05) is 31.4 Å². The van der Waals surface area contributed by atoms with Gasteiger partial charge in [0.2, 0.25) is 0 Å². The molecule has 88 valence electrons. The van der Waals surface area contributed by atoms with Crippen molar-refractivity contribution in [3.05, 3.63) is 23.6 Å². The van der Waals surface area contributed by atoms with Crippen LogP contribution in [0.15, 0.2) is 12.3 Å². The van der Waals surface area contributed by atoms with Gasteiger partial charge in [-0.25, -0.2) is 9.37 Å². The van der Waals surface area contributed by atoms with Crippen LogP contribution in [0.25, 0.3) is 0 Å². The summed E-state index contributed by atoms with van der Waals surface area (Å²) in [5, 5.41) is 3.13. The van der Waals surface area contributed by atoms with Gasteiger partial charge in [-0.2, -0.15) is 0 Å².